The summed E-state index contributed by atoms with van der Waals surface area (Å²) in [5.74, 6) is 0. The molecular weight excluding hydrogens is 236 g/mol. The molecule has 1 fully saturated rings. The molecule has 1 aliphatic rings. The van der Waals surface area contributed by atoms with Crippen LogP contribution in [0.1, 0.15) is 31.2 Å². The third kappa shape index (κ3) is 3.66. The highest BCUT2D eigenvalue weighted by Crippen LogP contribution is 2.24. The number of rotatable bonds is 5. The van der Waals surface area contributed by atoms with Gasteiger partial charge in [-0.1, -0.05) is 30.5 Å². The molecule has 1 saturated carbocycles. The topological polar surface area (TPSA) is 36.4 Å². The van der Waals surface area contributed by atoms with Crippen LogP contribution in [0, 0.1) is 0 Å². The first kappa shape index (κ1) is 12.8. The van der Waals surface area contributed by atoms with Crippen LogP contribution >= 0.6 is 11.6 Å². The van der Waals surface area contributed by atoms with E-state index in [-0.39, 0.29) is 6.61 Å². The van der Waals surface area contributed by atoms with Crippen molar-refractivity contribution in [3.05, 3.63) is 29.0 Å². The number of aromatic nitrogens is 1. The van der Waals surface area contributed by atoms with Gasteiger partial charge in [0.15, 0.2) is 0 Å². The van der Waals surface area contributed by atoms with Crippen molar-refractivity contribution in [3.63, 3.8) is 0 Å². The first-order valence-electron chi connectivity index (χ1n) is 6.25. The summed E-state index contributed by atoms with van der Waals surface area (Å²) < 4.78 is 0. The summed E-state index contributed by atoms with van der Waals surface area (Å²) in [5, 5.41) is 9.67. The molecule has 0 atom stereocenters. The normalized spacial score (nSPS) is 16.9. The molecule has 1 aromatic heterocycles. The molecule has 0 saturated heterocycles. The molecule has 0 aliphatic heterocycles. The maximum Gasteiger partial charge on any atom is 0.129 e. The average molecular weight is 255 g/mol. The van der Waals surface area contributed by atoms with Gasteiger partial charge in [-0.25, -0.2) is 4.98 Å². The van der Waals surface area contributed by atoms with Gasteiger partial charge in [0.25, 0.3) is 0 Å². The predicted molar refractivity (Wildman–Crippen MR) is 69.0 cm³/mol. The van der Waals surface area contributed by atoms with E-state index < -0.39 is 0 Å². The van der Waals surface area contributed by atoms with Gasteiger partial charge in [-0.05, 0) is 24.5 Å². The molecule has 1 N–H and O–H groups in total. The van der Waals surface area contributed by atoms with E-state index in [1.807, 2.05) is 18.3 Å². The molecule has 4 heteroatoms. The van der Waals surface area contributed by atoms with E-state index in [0.717, 1.165) is 18.7 Å². The van der Waals surface area contributed by atoms with E-state index in [2.05, 4.69) is 9.88 Å². The van der Waals surface area contributed by atoms with Crippen LogP contribution in [0.5, 0.6) is 0 Å². The number of hydrogen-bond acceptors (Lipinski definition) is 3. The highest BCUT2D eigenvalue weighted by atomic mass is 35.5. The third-order valence-electron chi connectivity index (χ3n) is 3.40. The van der Waals surface area contributed by atoms with Crippen molar-refractivity contribution in [1.29, 1.82) is 0 Å². The van der Waals surface area contributed by atoms with Crippen LogP contribution in [0.2, 0.25) is 5.15 Å². The molecule has 1 heterocycles. The second kappa shape index (κ2) is 6.34. The molecule has 0 aromatic carbocycles. The number of halogens is 1. The highest BCUT2D eigenvalue weighted by molar-refractivity contribution is 6.29. The lowest BCUT2D eigenvalue weighted by molar-refractivity contribution is 0.144. The van der Waals surface area contributed by atoms with Crippen LogP contribution in [-0.2, 0) is 6.54 Å². The molecule has 0 amide bonds. The Kier molecular flexibility index (Phi) is 4.77. The first-order chi connectivity index (χ1) is 8.29. The Morgan fingerprint density at radius 3 is 2.71 bits per heavy atom. The highest BCUT2D eigenvalue weighted by Gasteiger charge is 2.22. The van der Waals surface area contributed by atoms with Gasteiger partial charge in [0, 0.05) is 25.3 Å². The summed E-state index contributed by atoms with van der Waals surface area (Å²) >= 11 is 5.77. The third-order valence-corrected chi connectivity index (χ3v) is 3.63. The van der Waals surface area contributed by atoms with Gasteiger partial charge in [-0.3, -0.25) is 4.90 Å². The number of aliphatic hydroxyl groups is 1. The van der Waals surface area contributed by atoms with E-state index in [4.69, 9.17) is 16.7 Å². The van der Waals surface area contributed by atoms with Crippen LogP contribution in [0.4, 0.5) is 0 Å². The minimum atomic E-state index is 0.220. The van der Waals surface area contributed by atoms with Gasteiger partial charge in [0.05, 0.1) is 6.61 Å². The van der Waals surface area contributed by atoms with Crippen molar-refractivity contribution in [2.75, 3.05) is 13.2 Å². The second-order valence-corrected chi connectivity index (χ2v) is 5.01. The molecule has 0 radical (unpaired) electrons. The Hall–Kier alpha value is -0.640. The Bertz CT molecular complexity index is 336. The van der Waals surface area contributed by atoms with E-state index in [0.29, 0.717) is 11.2 Å². The van der Waals surface area contributed by atoms with E-state index in [9.17, 15) is 0 Å². The lowest BCUT2D eigenvalue weighted by Crippen LogP contribution is -2.35. The van der Waals surface area contributed by atoms with Crippen molar-refractivity contribution in [3.8, 4) is 0 Å². The minimum Gasteiger partial charge on any atom is -0.395 e. The lowest BCUT2D eigenvalue weighted by atomic mass is 10.1. The lowest BCUT2D eigenvalue weighted by Gasteiger charge is -2.27. The Balaban J connectivity index is 1.98. The van der Waals surface area contributed by atoms with Gasteiger partial charge < -0.3 is 5.11 Å². The maximum atomic E-state index is 9.14. The summed E-state index contributed by atoms with van der Waals surface area (Å²) in [6.45, 7) is 1.82. The number of aliphatic hydroxyl groups excluding tert-OH is 1. The van der Waals surface area contributed by atoms with Crippen molar-refractivity contribution < 1.29 is 5.11 Å². The van der Waals surface area contributed by atoms with Crippen LogP contribution in [0.25, 0.3) is 0 Å². The van der Waals surface area contributed by atoms with Crippen LogP contribution < -0.4 is 0 Å². The molecule has 0 unspecified atom stereocenters. The Morgan fingerprint density at radius 2 is 2.12 bits per heavy atom. The van der Waals surface area contributed by atoms with E-state index in [1.54, 1.807) is 0 Å². The zero-order chi connectivity index (χ0) is 12.1. The smallest absolute Gasteiger partial charge is 0.129 e. The summed E-state index contributed by atoms with van der Waals surface area (Å²) in [6, 6.07) is 4.45. The van der Waals surface area contributed by atoms with E-state index >= 15 is 0 Å². The quantitative estimate of drug-likeness (QED) is 0.821. The Morgan fingerprint density at radius 1 is 1.35 bits per heavy atom. The molecule has 2 rings (SSSR count). The maximum absolute atomic E-state index is 9.14. The first-order valence-corrected chi connectivity index (χ1v) is 6.63. The largest absolute Gasteiger partial charge is 0.395 e. The van der Waals surface area contributed by atoms with Gasteiger partial charge in [-0.15, -0.1) is 0 Å². The van der Waals surface area contributed by atoms with Crippen molar-refractivity contribution in [2.45, 2.75) is 38.3 Å². The molecule has 1 aliphatic carbocycles. The minimum absolute atomic E-state index is 0.220. The monoisotopic (exact) mass is 254 g/mol. The van der Waals surface area contributed by atoms with Gasteiger partial charge in [0.1, 0.15) is 5.15 Å². The Labute approximate surface area is 107 Å². The van der Waals surface area contributed by atoms with Crippen molar-refractivity contribution >= 4 is 11.6 Å². The zero-order valence-electron chi connectivity index (χ0n) is 9.98. The second-order valence-electron chi connectivity index (χ2n) is 4.62. The number of pyridine rings is 1. The molecule has 0 spiro atoms. The van der Waals surface area contributed by atoms with Gasteiger partial charge in [0.2, 0.25) is 0 Å². The standard InChI is InChI=1S/C13H19ClN2O/c14-13-6-5-11(9-15-13)10-16(7-8-17)12-3-1-2-4-12/h5-6,9,12,17H,1-4,7-8,10H2. The van der Waals surface area contributed by atoms with Crippen molar-refractivity contribution in [2.24, 2.45) is 0 Å². The summed E-state index contributed by atoms with van der Waals surface area (Å²) in [4.78, 5) is 6.45. The molecule has 3 nitrogen and oxygen atoms in total. The van der Waals surface area contributed by atoms with Crippen molar-refractivity contribution in [1.82, 2.24) is 9.88 Å². The predicted octanol–water partition coefficient (Wildman–Crippen LogP) is 2.47. The fourth-order valence-electron chi connectivity index (χ4n) is 2.52. The summed E-state index contributed by atoms with van der Waals surface area (Å²) in [5.41, 5.74) is 1.16. The summed E-state index contributed by atoms with van der Waals surface area (Å²) in [6.07, 6.45) is 6.95. The van der Waals surface area contributed by atoms with E-state index in [1.165, 1.54) is 25.7 Å². The van der Waals surface area contributed by atoms with Crippen LogP contribution in [0.3, 0.4) is 0 Å². The fourth-order valence-corrected chi connectivity index (χ4v) is 2.63. The van der Waals surface area contributed by atoms with Gasteiger partial charge in [-0.2, -0.15) is 0 Å². The molecule has 0 bridgehead atoms. The van der Waals surface area contributed by atoms with Crippen LogP contribution in [0.15, 0.2) is 18.3 Å². The molecule has 94 valence electrons. The summed E-state index contributed by atoms with van der Waals surface area (Å²) in [7, 11) is 0. The molecular formula is C13H19ClN2O. The number of nitrogens with zero attached hydrogens (tertiary/aromatic N) is 2. The average Bonchev–Trinajstić information content (AvgIpc) is 2.85. The SMILES string of the molecule is OCCN(Cc1ccc(Cl)nc1)C1CCCC1. The molecule has 17 heavy (non-hydrogen) atoms. The fraction of sp³-hybridized carbons (Fsp3) is 0.615. The van der Waals surface area contributed by atoms with Crippen LogP contribution in [-0.4, -0.2) is 34.2 Å². The van der Waals surface area contributed by atoms with Gasteiger partial charge >= 0.3 is 0 Å². The molecule has 1 aromatic rings. The zero-order valence-corrected chi connectivity index (χ0v) is 10.7. The number of hydrogen-bond donors (Lipinski definition) is 1.